The maximum absolute atomic E-state index is 13.2. The van der Waals surface area contributed by atoms with E-state index in [0.29, 0.717) is 25.0 Å². The van der Waals surface area contributed by atoms with Gasteiger partial charge in [-0.1, -0.05) is 25.1 Å². The number of Topliss-reactive ketones (excluding diaryl/α,β-unsaturated/α-hetero) is 1. The van der Waals surface area contributed by atoms with Gasteiger partial charge in [-0.15, -0.1) is 0 Å². The van der Waals surface area contributed by atoms with E-state index < -0.39 is 12.5 Å². The lowest BCUT2D eigenvalue weighted by Gasteiger charge is -2.35. The van der Waals surface area contributed by atoms with Crippen LogP contribution in [0.25, 0.3) is 0 Å². The average Bonchev–Trinajstić information content (AvgIpc) is 2.90. The van der Waals surface area contributed by atoms with Gasteiger partial charge in [-0.05, 0) is 58.0 Å². The Morgan fingerprint density at radius 2 is 2.07 bits per heavy atom. The summed E-state index contributed by atoms with van der Waals surface area (Å²) in [5.41, 5.74) is 1.66. The van der Waals surface area contributed by atoms with Crippen molar-refractivity contribution >= 4 is 24.3 Å². The van der Waals surface area contributed by atoms with Gasteiger partial charge in [0.1, 0.15) is 0 Å². The first-order chi connectivity index (χ1) is 12.7. The minimum atomic E-state index is -0.655. The number of hydrogen-bond donors (Lipinski definition) is 0. The van der Waals surface area contributed by atoms with Crippen LogP contribution in [0, 0.1) is 5.41 Å². The summed E-state index contributed by atoms with van der Waals surface area (Å²) in [6.07, 6.45) is 2.20. The highest BCUT2D eigenvalue weighted by atomic mass is 16.7. The molecule has 1 saturated heterocycles. The van der Waals surface area contributed by atoms with E-state index in [4.69, 9.17) is 14.0 Å². The first-order valence-corrected chi connectivity index (χ1v) is 9.89. The zero-order chi connectivity index (χ0) is 19.8. The molecule has 0 spiro atoms. The number of fused-ring (bicyclic) bond motifs is 1. The number of carbonyl (C=O) groups excluding carboxylic acids is 2. The van der Waals surface area contributed by atoms with Crippen LogP contribution in [0.5, 0.6) is 0 Å². The highest BCUT2D eigenvalue weighted by Gasteiger charge is 2.46. The van der Waals surface area contributed by atoms with Gasteiger partial charge in [0, 0.05) is 11.0 Å². The van der Waals surface area contributed by atoms with Crippen LogP contribution in [0.4, 0.5) is 0 Å². The molecule has 0 bridgehead atoms. The normalized spacial score (nSPS) is 26.8. The number of carbonyl (C=O) groups is 2. The lowest BCUT2D eigenvalue weighted by molar-refractivity contribution is -0.145. The SMILES string of the molecule is CCOC(=O)CC1(CC)CCc2cc(B3OC(C)C(C)(C)O3)ccc2C1=O. The minimum Gasteiger partial charge on any atom is -0.466 e. The van der Waals surface area contributed by atoms with E-state index in [1.165, 1.54) is 0 Å². The molecule has 1 fully saturated rings. The molecule has 1 aliphatic heterocycles. The van der Waals surface area contributed by atoms with Gasteiger partial charge in [0.15, 0.2) is 5.78 Å². The van der Waals surface area contributed by atoms with Crippen molar-refractivity contribution in [2.75, 3.05) is 6.61 Å². The number of rotatable bonds is 5. The van der Waals surface area contributed by atoms with Gasteiger partial charge in [-0.25, -0.2) is 0 Å². The zero-order valence-corrected chi connectivity index (χ0v) is 17.0. The maximum Gasteiger partial charge on any atom is 0.494 e. The zero-order valence-electron chi connectivity index (χ0n) is 17.0. The molecule has 146 valence electrons. The van der Waals surface area contributed by atoms with Gasteiger partial charge >= 0.3 is 13.1 Å². The average molecular weight is 372 g/mol. The van der Waals surface area contributed by atoms with Gasteiger partial charge < -0.3 is 14.0 Å². The van der Waals surface area contributed by atoms with Crippen molar-refractivity contribution in [2.24, 2.45) is 5.41 Å². The molecular formula is C21H29BO5. The summed E-state index contributed by atoms with van der Waals surface area (Å²) in [6, 6.07) is 5.80. The monoisotopic (exact) mass is 372 g/mol. The first-order valence-electron chi connectivity index (χ1n) is 9.89. The van der Waals surface area contributed by atoms with Gasteiger partial charge in [-0.3, -0.25) is 9.59 Å². The molecule has 1 aromatic carbocycles. The highest BCUT2D eigenvalue weighted by Crippen LogP contribution is 2.41. The van der Waals surface area contributed by atoms with Gasteiger partial charge in [0.25, 0.3) is 0 Å². The van der Waals surface area contributed by atoms with Crippen LogP contribution in [0.15, 0.2) is 18.2 Å². The Hall–Kier alpha value is -1.66. The Bertz CT molecular complexity index is 744. The van der Waals surface area contributed by atoms with E-state index >= 15 is 0 Å². The second-order valence-electron chi connectivity index (χ2n) is 8.19. The molecule has 2 aliphatic rings. The second-order valence-corrected chi connectivity index (χ2v) is 8.19. The third-order valence-corrected chi connectivity index (χ3v) is 6.18. The van der Waals surface area contributed by atoms with Crippen molar-refractivity contribution in [3.8, 4) is 0 Å². The summed E-state index contributed by atoms with van der Waals surface area (Å²) < 4.78 is 17.1. The van der Waals surface area contributed by atoms with E-state index in [9.17, 15) is 9.59 Å². The third kappa shape index (κ3) is 3.70. The predicted octanol–water partition coefficient (Wildman–Crippen LogP) is 3.07. The van der Waals surface area contributed by atoms with Crippen LogP contribution in [0.2, 0.25) is 0 Å². The smallest absolute Gasteiger partial charge is 0.466 e. The summed E-state index contributed by atoms with van der Waals surface area (Å²) >= 11 is 0. The van der Waals surface area contributed by atoms with E-state index in [2.05, 4.69) is 0 Å². The molecule has 0 saturated carbocycles. The van der Waals surface area contributed by atoms with Crippen molar-refractivity contribution in [3.63, 3.8) is 0 Å². The molecule has 6 heteroatoms. The molecule has 3 rings (SSSR count). The second kappa shape index (κ2) is 7.40. The Kier molecular flexibility index (Phi) is 5.51. The van der Waals surface area contributed by atoms with Crippen LogP contribution < -0.4 is 5.46 Å². The summed E-state index contributed by atoms with van der Waals surface area (Å²) in [4.78, 5) is 25.3. The maximum atomic E-state index is 13.2. The van der Waals surface area contributed by atoms with Gasteiger partial charge in [-0.2, -0.15) is 0 Å². The summed E-state index contributed by atoms with van der Waals surface area (Å²) in [7, 11) is -0.409. The molecule has 1 aliphatic carbocycles. The third-order valence-electron chi connectivity index (χ3n) is 6.18. The molecule has 1 aromatic rings. The van der Waals surface area contributed by atoms with E-state index in [0.717, 1.165) is 17.4 Å². The van der Waals surface area contributed by atoms with Gasteiger partial charge in [0.05, 0.1) is 24.7 Å². The van der Waals surface area contributed by atoms with E-state index in [1.54, 1.807) is 6.92 Å². The fraction of sp³-hybridized carbons (Fsp3) is 0.619. The highest BCUT2D eigenvalue weighted by molar-refractivity contribution is 6.62. The van der Waals surface area contributed by atoms with Crippen molar-refractivity contribution in [2.45, 2.75) is 72.0 Å². The van der Waals surface area contributed by atoms with Crippen LogP contribution in [0.1, 0.15) is 69.8 Å². The van der Waals surface area contributed by atoms with Crippen molar-refractivity contribution in [1.82, 2.24) is 0 Å². The number of ether oxygens (including phenoxy) is 1. The molecule has 2 unspecified atom stereocenters. The van der Waals surface area contributed by atoms with Crippen molar-refractivity contribution in [1.29, 1.82) is 0 Å². The van der Waals surface area contributed by atoms with Crippen molar-refractivity contribution < 1.29 is 23.6 Å². The van der Waals surface area contributed by atoms with Crippen LogP contribution in [0.3, 0.4) is 0 Å². The Morgan fingerprint density at radius 3 is 2.67 bits per heavy atom. The molecule has 0 aromatic heterocycles. The number of esters is 1. The fourth-order valence-corrected chi connectivity index (χ4v) is 3.98. The Morgan fingerprint density at radius 1 is 1.33 bits per heavy atom. The topological polar surface area (TPSA) is 61.8 Å². The van der Waals surface area contributed by atoms with Crippen molar-refractivity contribution in [3.05, 3.63) is 29.3 Å². The number of ketones is 1. The van der Waals surface area contributed by atoms with E-state index in [-0.39, 0.29) is 29.9 Å². The molecule has 1 heterocycles. The predicted molar refractivity (Wildman–Crippen MR) is 104 cm³/mol. The lowest BCUT2D eigenvalue weighted by atomic mass is 9.65. The quantitative estimate of drug-likeness (QED) is 0.587. The molecule has 0 N–H and O–H groups in total. The first kappa shape index (κ1) is 20.1. The molecular weight excluding hydrogens is 343 g/mol. The fourth-order valence-electron chi connectivity index (χ4n) is 3.98. The summed E-state index contributed by atoms with van der Waals surface area (Å²) in [5, 5.41) is 0. The Labute approximate surface area is 161 Å². The molecule has 0 radical (unpaired) electrons. The number of benzene rings is 1. The summed E-state index contributed by atoms with van der Waals surface area (Å²) in [5.74, 6) is -0.246. The lowest BCUT2D eigenvalue weighted by Crippen LogP contribution is -2.40. The van der Waals surface area contributed by atoms with Crippen LogP contribution in [-0.4, -0.2) is 37.2 Å². The molecule has 2 atom stereocenters. The van der Waals surface area contributed by atoms with Crippen LogP contribution >= 0.6 is 0 Å². The van der Waals surface area contributed by atoms with Gasteiger partial charge in [0.2, 0.25) is 0 Å². The summed E-state index contributed by atoms with van der Waals surface area (Å²) in [6.45, 7) is 10.1. The molecule has 0 amide bonds. The van der Waals surface area contributed by atoms with E-state index in [1.807, 2.05) is 45.9 Å². The Balaban J connectivity index is 1.84. The largest absolute Gasteiger partial charge is 0.494 e. The van der Waals surface area contributed by atoms with Crippen LogP contribution in [-0.2, 0) is 25.3 Å². The number of aryl methyl sites for hydroxylation is 1. The molecule has 5 nitrogen and oxygen atoms in total. The molecule has 27 heavy (non-hydrogen) atoms. The number of hydrogen-bond acceptors (Lipinski definition) is 5. The standard InChI is InChI=1S/C21H29BO5/c1-6-21(13-18(23)25-7-2)11-10-15-12-16(8-9-17(15)19(21)24)22-26-14(3)20(4,5)27-22/h8-9,12,14H,6-7,10-11,13H2,1-5H3. The minimum absolute atomic E-state index is 0.00233.